The molecule has 0 aliphatic carbocycles. The Kier molecular flexibility index (Phi) is 11.0. The third-order valence-electron chi connectivity index (χ3n) is 4.93. The van der Waals surface area contributed by atoms with Gasteiger partial charge in [0, 0.05) is 12.8 Å². The number of carbonyl (C=O) groups excluding carboxylic acids is 4. The summed E-state index contributed by atoms with van der Waals surface area (Å²) in [5.74, 6) is -4.07. The maximum Gasteiger partial charge on any atom is 0.326 e. The van der Waals surface area contributed by atoms with Gasteiger partial charge < -0.3 is 32.5 Å². The molecular formula is C22H33N5O6. The molecule has 0 fully saturated rings. The van der Waals surface area contributed by atoms with Gasteiger partial charge in [-0.3, -0.25) is 19.2 Å². The Morgan fingerprint density at radius 1 is 0.909 bits per heavy atom. The van der Waals surface area contributed by atoms with Crippen LogP contribution in [0.15, 0.2) is 30.3 Å². The van der Waals surface area contributed by atoms with E-state index in [1.165, 1.54) is 6.92 Å². The number of nitrogens with two attached hydrogens (primary N) is 2. The van der Waals surface area contributed by atoms with Crippen molar-refractivity contribution in [2.24, 2.45) is 17.4 Å². The van der Waals surface area contributed by atoms with Crippen molar-refractivity contribution >= 4 is 29.6 Å². The predicted molar refractivity (Wildman–Crippen MR) is 120 cm³/mol. The summed E-state index contributed by atoms with van der Waals surface area (Å²) >= 11 is 0. The third kappa shape index (κ3) is 9.69. The maximum atomic E-state index is 12.7. The molecule has 1 rings (SSSR count). The standard InChI is InChI=1S/C22H33N5O6/c1-12(2)18(27-20(30)15(23)9-10-17(24)28)21(31)25-13(3)19(29)26-16(22(32)33)11-14-7-5-4-6-8-14/h4-8,12-13,15-16,18H,9-11,23H2,1-3H3,(H2,24,28)(H,25,31)(H,26,29)(H,27,30)(H,32,33). The van der Waals surface area contributed by atoms with Crippen LogP contribution >= 0.6 is 0 Å². The zero-order chi connectivity index (χ0) is 25.1. The van der Waals surface area contributed by atoms with Crippen molar-refractivity contribution in [1.82, 2.24) is 16.0 Å². The molecule has 1 aromatic rings. The summed E-state index contributed by atoms with van der Waals surface area (Å²) in [7, 11) is 0. The zero-order valence-electron chi connectivity index (χ0n) is 19.0. The number of hydrogen-bond acceptors (Lipinski definition) is 6. The number of rotatable bonds is 13. The van der Waals surface area contributed by atoms with E-state index in [-0.39, 0.29) is 25.2 Å². The summed E-state index contributed by atoms with van der Waals surface area (Å²) in [5.41, 5.74) is 11.5. The van der Waals surface area contributed by atoms with E-state index in [9.17, 15) is 29.1 Å². The van der Waals surface area contributed by atoms with Gasteiger partial charge in [0.05, 0.1) is 6.04 Å². The molecule has 0 spiro atoms. The number of benzene rings is 1. The van der Waals surface area contributed by atoms with Gasteiger partial charge in [0.2, 0.25) is 23.6 Å². The van der Waals surface area contributed by atoms with Crippen LogP contribution < -0.4 is 27.4 Å². The van der Waals surface area contributed by atoms with E-state index >= 15 is 0 Å². The van der Waals surface area contributed by atoms with Crippen LogP contribution in [0.2, 0.25) is 0 Å². The summed E-state index contributed by atoms with van der Waals surface area (Å²) in [6, 6.07) is 4.56. The van der Waals surface area contributed by atoms with Crippen molar-refractivity contribution in [3.63, 3.8) is 0 Å². The molecule has 33 heavy (non-hydrogen) atoms. The third-order valence-corrected chi connectivity index (χ3v) is 4.93. The number of carbonyl (C=O) groups is 5. The maximum absolute atomic E-state index is 12.7. The molecular weight excluding hydrogens is 430 g/mol. The van der Waals surface area contributed by atoms with Crippen LogP contribution in [-0.2, 0) is 30.4 Å². The molecule has 0 bridgehead atoms. The molecule has 182 valence electrons. The molecule has 0 radical (unpaired) electrons. The highest BCUT2D eigenvalue weighted by Gasteiger charge is 2.30. The first-order chi connectivity index (χ1) is 15.4. The molecule has 11 heteroatoms. The normalized spacial score (nSPS) is 14.5. The smallest absolute Gasteiger partial charge is 0.326 e. The molecule has 11 nitrogen and oxygen atoms in total. The minimum absolute atomic E-state index is 0.0321. The van der Waals surface area contributed by atoms with Crippen LogP contribution in [0.4, 0.5) is 0 Å². The number of carboxylic acids is 1. The highest BCUT2D eigenvalue weighted by atomic mass is 16.4. The van der Waals surface area contributed by atoms with Crippen molar-refractivity contribution in [2.45, 2.75) is 64.2 Å². The van der Waals surface area contributed by atoms with Gasteiger partial charge in [-0.1, -0.05) is 44.2 Å². The van der Waals surface area contributed by atoms with Crippen LogP contribution in [0, 0.1) is 5.92 Å². The number of nitrogens with one attached hydrogen (secondary N) is 3. The highest BCUT2D eigenvalue weighted by Crippen LogP contribution is 2.06. The van der Waals surface area contributed by atoms with Crippen LogP contribution in [0.25, 0.3) is 0 Å². The molecule has 1 aromatic carbocycles. The molecule has 0 aliphatic heterocycles. The van der Waals surface area contributed by atoms with Crippen LogP contribution in [0.1, 0.15) is 39.2 Å². The van der Waals surface area contributed by atoms with E-state index < -0.39 is 53.8 Å². The molecule has 4 amide bonds. The fourth-order valence-corrected chi connectivity index (χ4v) is 2.94. The number of carboxylic acid groups (broad SMARTS) is 1. The van der Waals surface area contributed by atoms with Crippen molar-refractivity contribution < 1.29 is 29.1 Å². The van der Waals surface area contributed by atoms with Gasteiger partial charge in [0.25, 0.3) is 0 Å². The fourth-order valence-electron chi connectivity index (χ4n) is 2.94. The summed E-state index contributed by atoms with van der Waals surface area (Å²) < 4.78 is 0. The number of primary amides is 1. The van der Waals surface area contributed by atoms with Crippen molar-refractivity contribution in [2.75, 3.05) is 0 Å². The number of hydrogen-bond donors (Lipinski definition) is 6. The average molecular weight is 464 g/mol. The second-order valence-electron chi connectivity index (χ2n) is 8.16. The Morgan fingerprint density at radius 2 is 1.52 bits per heavy atom. The lowest BCUT2D eigenvalue weighted by Crippen LogP contribution is -2.57. The van der Waals surface area contributed by atoms with Gasteiger partial charge in [-0.05, 0) is 24.8 Å². The Bertz CT molecular complexity index is 845. The topological polar surface area (TPSA) is 194 Å². The lowest BCUT2D eigenvalue weighted by atomic mass is 10.0. The second kappa shape index (κ2) is 13.2. The lowest BCUT2D eigenvalue weighted by molar-refractivity contribution is -0.142. The lowest BCUT2D eigenvalue weighted by Gasteiger charge is -2.25. The summed E-state index contributed by atoms with van der Waals surface area (Å²) in [4.78, 5) is 59.9. The first kappa shape index (κ1) is 27.6. The van der Waals surface area contributed by atoms with E-state index in [0.29, 0.717) is 0 Å². The van der Waals surface area contributed by atoms with Gasteiger partial charge in [-0.2, -0.15) is 0 Å². The fraction of sp³-hybridized carbons (Fsp3) is 0.500. The van der Waals surface area contributed by atoms with Gasteiger partial charge in [-0.25, -0.2) is 4.79 Å². The van der Waals surface area contributed by atoms with E-state index in [2.05, 4.69) is 16.0 Å². The molecule has 8 N–H and O–H groups in total. The number of aliphatic carboxylic acids is 1. The monoisotopic (exact) mass is 463 g/mol. The molecule has 4 unspecified atom stereocenters. The number of amides is 4. The predicted octanol–water partition coefficient (Wildman–Crippen LogP) is -0.963. The quantitative estimate of drug-likeness (QED) is 0.217. The minimum Gasteiger partial charge on any atom is -0.480 e. The summed E-state index contributed by atoms with van der Waals surface area (Å²) in [6.45, 7) is 4.81. The molecule has 0 saturated heterocycles. The molecule has 0 aromatic heterocycles. The van der Waals surface area contributed by atoms with Crippen LogP contribution in [0.5, 0.6) is 0 Å². The molecule has 0 saturated carbocycles. The van der Waals surface area contributed by atoms with Crippen LogP contribution in [0.3, 0.4) is 0 Å². The van der Waals surface area contributed by atoms with Crippen molar-refractivity contribution in [1.29, 1.82) is 0 Å². The molecule has 4 atom stereocenters. The Labute approximate surface area is 192 Å². The SMILES string of the molecule is CC(NC(=O)C(NC(=O)C(N)CCC(N)=O)C(C)C)C(=O)NC(Cc1ccccc1)C(=O)O. The van der Waals surface area contributed by atoms with Gasteiger partial charge in [0.1, 0.15) is 18.1 Å². The zero-order valence-corrected chi connectivity index (χ0v) is 19.0. The van der Waals surface area contributed by atoms with E-state index in [0.717, 1.165) is 5.56 Å². The van der Waals surface area contributed by atoms with Gasteiger partial charge in [-0.15, -0.1) is 0 Å². The second-order valence-corrected chi connectivity index (χ2v) is 8.16. The Morgan fingerprint density at radius 3 is 2.03 bits per heavy atom. The average Bonchev–Trinajstić information content (AvgIpc) is 2.75. The highest BCUT2D eigenvalue weighted by molar-refractivity contribution is 5.94. The largest absolute Gasteiger partial charge is 0.480 e. The first-order valence-corrected chi connectivity index (χ1v) is 10.6. The van der Waals surface area contributed by atoms with E-state index in [1.807, 2.05) is 0 Å². The van der Waals surface area contributed by atoms with Crippen LogP contribution in [-0.4, -0.2) is 58.9 Å². The van der Waals surface area contributed by atoms with Gasteiger partial charge >= 0.3 is 5.97 Å². The molecule has 0 aliphatic rings. The summed E-state index contributed by atoms with van der Waals surface area (Å²) in [5, 5.41) is 16.9. The Hall–Kier alpha value is -3.47. The van der Waals surface area contributed by atoms with Crippen molar-refractivity contribution in [3.05, 3.63) is 35.9 Å². The summed E-state index contributed by atoms with van der Waals surface area (Å²) in [6.07, 6.45) is 0.0406. The minimum atomic E-state index is -1.21. The van der Waals surface area contributed by atoms with E-state index in [4.69, 9.17) is 11.5 Å². The molecule has 0 heterocycles. The van der Waals surface area contributed by atoms with Crippen molar-refractivity contribution in [3.8, 4) is 0 Å². The van der Waals surface area contributed by atoms with E-state index in [1.54, 1.807) is 44.2 Å². The Balaban J connectivity index is 2.72. The first-order valence-electron chi connectivity index (χ1n) is 10.6. The van der Waals surface area contributed by atoms with Gasteiger partial charge in [0.15, 0.2) is 0 Å².